The summed E-state index contributed by atoms with van der Waals surface area (Å²) in [6, 6.07) is 7.24. The highest BCUT2D eigenvalue weighted by Crippen LogP contribution is 2.23. The first-order valence-electron chi connectivity index (χ1n) is 5.83. The van der Waals surface area contributed by atoms with Crippen LogP contribution >= 0.6 is 0 Å². The van der Waals surface area contributed by atoms with E-state index in [0.29, 0.717) is 16.8 Å². The van der Waals surface area contributed by atoms with Crippen molar-refractivity contribution in [3.63, 3.8) is 0 Å². The largest absolute Gasteiger partial charge is 0.494 e. The van der Waals surface area contributed by atoms with Gasteiger partial charge in [-0.05, 0) is 12.1 Å². The summed E-state index contributed by atoms with van der Waals surface area (Å²) in [5.74, 6) is 0.367. The zero-order valence-electron chi connectivity index (χ0n) is 10.6. The molecule has 0 fully saturated rings. The molecule has 20 heavy (non-hydrogen) atoms. The second-order valence-corrected chi connectivity index (χ2v) is 4.11. The number of rotatable bonds is 2. The van der Waals surface area contributed by atoms with Crippen molar-refractivity contribution in [2.45, 2.75) is 0 Å². The molecule has 0 spiro atoms. The van der Waals surface area contributed by atoms with Gasteiger partial charge in [0.15, 0.2) is 0 Å². The first kappa shape index (κ1) is 12.1. The lowest BCUT2D eigenvalue weighted by atomic mass is 10.1. The van der Waals surface area contributed by atoms with Gasteiger partial charge in [0, 0.05) is 11.6 Å². The summed E-state index contributed by atoms with van der Waals surface area (Å²) in [7, 11) is 1.58. The highest BCUT2D eigenvalue weighted by molar-refractivity contribution is 5.98. The Labute approximate surface area is 114 Å². The molecule has 0 bridgehead atoms. The number of fused-ring (bicyclic) bond motifs is 1. The summed E-state index contributed by atoms with van der Waals surface area (Å²) >= 11 is 0. The van der Waals surface area contributed by atoms with E-state index in [9.17, 15) is 4.79 Å². The monoisotopic (exact) mass is 269 g/mol. The van der Waals surface area contributed by atoms with E-state index in [4.69, 9.17) is 10.5 Å². The maximum absolute atomic E-state index is 12.2. The van der Waals surface area contributed by atoms with E-state index >= 15 is 0 Å². The second-order valence-electron chi connectivity index (χ2n) is 4.11. The quantitative estimate of drug-likeness (QED) is 0.748. The number of benzene rings is 1. The van der Waals surface area contributed by atoms with Gasteiger partial charge in [0.1, 0.15) is 17.6 Å². The van der Waals surface area contributed by atoms with E-state index in [-0.39, 0.29) is 11.9 Å². The van der Waals surface area contributed by atoms with Gasteiger partial charge in [-0.25, -0.2) is 4.98 Å². The van der Waals surface area contributed by atoms with Gasteiger partial charge in [-0.15, -0.1) is 5.10 Å². The van der Waals surface area contributed by atoms with Crippen molar-refractivity contribution in [3.05, 3.63) is 42.4 Å². The zero-order valence-corrected chi connectivity index (χ0v) is 10.6. The Hall–Kier alpha value is -2.96. The minimum atomic E-state index is -0.341. The smallest absolute Gasteiger partial charge is 0.281 e. The number of ether oxygens (including phenoxy) is 1. The van der Waals surface area contributed by atoms with Crippen LogP contribution in [0, 0.1) is 0 Å². The molecule has 0 aliphatic carbocycles. The van der Waals surface area contributed by atoms with Crippen LogP contribution in [0.15, 0.2) is 36.8 Å². The second kappa shape index (κ2) is 4.61. The van der Waals surface area contributed by atoms with Crippen molar-refractivity contribution in [1.82, 2.24) is 19.7 Å². The van der Waals surface area contributed by atoms with Gasteiger partial charge in [-0.2, -0.15) is 4.68 Å². The Bertz CT molecular complexity index is 796. The lowest BCUT2D eigenvalue weighted by Crippen LogP contribution is -2.13. The molecule has 3 rings (SSSR count). The third-order valence-corrected chi connectivity index (χ3v) is 2.86. The van der Waals surface area contributed by atoms with Gasteiger partial charge >= 0.3 is 0 Å². The molecular weight excluding hydrogens is 258 g/mol. The molecule has 0 radical (unpaired) electrons. The molecule has 0 amide bonds. The molecule has 2 N–H and O–H groups in total. The number of nitrogen functional groups attached to an aromatic ring is 1. The summed E-state index contributed by atoms with van der Waals surface area (Å²) in [6.45, 7) is 0. The highest BCUT2D eigenvalue weighted by Gasteiger charge is 2.12. The van der Waals surface area contributed by atoms with Gasteiger partial charge in [-0.1, -0.05) is 12.1 Å². The number of nitrogens with two attached hydrogens (primary N) is 1. The Morgan fingerprint density at radius 1 is 1.35 bits per heavy atom. The number of hydrogen-bond acceptors (Lipinski definition) is 6. The third kappa shape index (κ3) is 1.95. The molecular formula is C13H11N5O2. The minimum Gasteiger partial charge on any atom is -0.494 e. The third-order valence-electron chi connectivity index (χ3n) is 2.86. The summed E-state index contributed by atoms with van der Waals surface area (Å²) < 4.78 is 6.31. The molecule has 0 saturated heterocycles. The fourth-order valence-corrected chi connectivity index (χ4v) is 1.92. The molecule has 2 aromatic heterocycles. The lowest BCUT2D eigenvalue weighted by Gasteiger charge is -2.05. The molecule has 0 unspecified atom stereocenters. The number of hydrogen-bond donors (Lipinski definition) is 1. The molecule has 0 aliphatic heterocycles. The van der Waals surface area contributed by atoms with Crippen molar-refractivity contribution in [1.29, 1.82) is 0 Å². The average Bonchev–Trinajstić information content (AvgIpc) is 2.91. The Morgan fingerprint density at radius 2 is 2.20 bits per heavy atom. The summed E-state index contributed by atoms with van der Waals surface area (Å²) in [6.07, 6.45) is 2.75. The van der Waals surface area contributed by atoms with Crippen LogP contribution in [0.2, 0.25) is 0 Å². The van der Waals surface area contributed by atoms with E-state index in [2.05, 4.69) is 15.1 Å². The number of carbonyl (C=O) groups is 1. The van der Waals surface area contributed by atoms with Crippen molar-refractivity contribution >= 4 is 22.8 Å². The SMILES string of the molecule is COc1cccc2cc(C(=O)n3cnc(N)n3)cnc12. The first-order valence-corrected chi connectivity index (χ1v) is 5.83. The summed E-state index contributed by atoms with van der Waals surface area (Å²) in [5.41, 5.74) is 6.49. The normalized spacial score (nSPS) is 10.7. The molecule has 0 atom stereocenters. The van der Waals surface area contributed by atoms with E-state index in [0.717, 1.165) is 10.1 Å². The van der Waals surface area contributed by atoms with Crippen molar-refractivity contribution in [2.24, 2.45) is 0 Å². The van der Waals surface area contributed by atoms with Gasteiger partial charge in [0.2, 0.25) is 5.95 Å². The van der Waals surface area contributed by atoms with Crippen molar-refractivity contribution in [3.8, 4) is 5.75 Å². The fourth-order valence-electron chi connectivity index (χ4n) is 1.92. The van der Waals surface area contributed by atoms with E-state index < -0.39 is 0 Å². The Kier molecular flexibility index (Phi) is 2.79. The molecule has 7 nitrogen and oxygen atoms in total. The molecule has 100 valence electrons. The number of methoxy groups -OCH3 is 1. The highest BCUT2D eigenvalue weighted by atomic mass is 16.5. The van der Waals surface area contributed by atoms with E-state index in [1.165, 1.54) is 12.5 Å². The number of para-hydroxylation sites is 1. The van der Waals surface area contributed by atoms with Crippen molar-refractivity contribution in [2.75, 3.05) is 12.8 Å². The first-order chi connectivity index (χ1) is 9.69. The molecule has 1 aromatic carbocycles. The maximum atomic E-state index is 12.2. The fraction of sp³-hybridized carbons (Fsp3) is 0.0769. The van der Waals surface area contributed by atoms with Crippen LogP contribution in [0.1, 0.15) is 10.4 Å². The van der Waals surface area contributed by atoms with Crippen LogP contribution in [0.3, 0.4) is 0 Å². The van der Waals surface area contributed by atoms with Crippen LogP contribution in [0.25, 0.3) is 10.9 Å². The molecule has 0 aliphatic rings. The molecule has 7 heteroatoms. The van der Waals surface area contributed by atoms with Gasteiger partial charge in [0.25, 0.3) is 5.91 Å². The van der Waals surface area contributed by atoms with Crippen LogP contribution in [-0.4, -0.2) is 32.8 Å². The molecule has 2 heterocycles. The molecule has 0 saturated carbocycles. The number of nitrogens with zero attached hydrogens (tertiary/aromatic N) is 4. The predicted octanol–water partition coefficient (Wildman–Crippen LogP) is 1.11. The summed E-state index contributed by atoms with van der Waals surface area (Å²) in [5, 5.41) is 4.59. The Morgan fingerprint density at radius 3 is 2.90 bits per heavy atom. The van der Waals surface area contributed by atoms with Gasteiger partial charge < -0.3 is 10.5 Å². The van der Waals surface area contributed by atoms with Gasteiger partial charge in [0.05, 0.1) is 12.7 Å². The summed E-state index contributed by atoms with van der Waals surface area (Å²) in [4.78, 5) is 20.2. The zero-order chi connectivity index (χ0) is 14.1. The molecule has 3 aromatic rings. The maximum Gasteiger partial charge on any atom is 0.281 e. The van der Waals surface area contributed by atoms with Crippen LogP contribution in [0.5, 0.6) is 5.75 Å². The number of aromatic nitrogens is 4. The predicted molar refractivity (Wildman–Crippen MR) is 72.5 cm³/mol. The van der Waals surface area contributed by atoms with Crippen LogP contribution in [-0.2, 0) is 0 Å². The topological polar surface area (TPSA) is 95.9 Å². The number of anilines is 1. The standard InChI is InChI=1S/C13H11N5O2/c1-20-10-4-2-3-8-5-9(6-15-11(8)10)12(19)18-7-16-13(14)17-18/h2-7H,1H3,(H2,14,17). The van der Waals surface area contributed by atoms with E-state index in [1.54, 1.807) is 13.2 Å². The number of pyridine rings is 1. The number of carbonyl (C=O) groups excluding carboxylic acids is 1. The minimum absolute atomic E-state index is 0.0498. The van der Waals surface area contributed by atoms with E-state index in [1.807, 2.05) is 18.2 Å². The van der Waals surface area contributed by atoms with Crippen LogP contribution < -0.4 is 10.5 Å². The lowest BCUT2D eigenvalue weighted by molar-refractivity contribution is 0.0945. The Balaban J connectivity index is 2.07. The van der Waals surface area contributed by atoms with Crippen LogP contribution in [0.4, 0.5) is 5.95 Å². The average molecular weight is 269 g/mol. The van der Waals surface area contributed by atoms with Gasteiger partial charge in [-0.3, -0.25) is 9.78 Å². The van der Waals surface area contributed by atoms with Crippen molar-refractivity contribution < 1.29 is 9.53 Å².